The van der Waals surface area contributed by atoms with Gasteiger partial charge in [-0.15, -0.1) is 11.3 Å². The van der Waals surface area contributed by atoms with Gasteiger partial charge in [-0.3, -0.25) is 9.59 Å². The number of hydrogen-bond acceptors (Lipinski definition) is 5. The van der Waals surface area contributed by atoms with E-state index in [0.29, 0.717) is 16.1 Å². The number of methoxy groups -OCH3 is 1. The third-order valence-corrected chi connectivity index (χ3v) is 6.03. The largest absolute Gasteiger partial charge is 0.497 e. The second-order valence-electron chi connectivity index (χ2n) is 8.14. The van der Waals surface area contributed by atoms with E-state index in [9.17, 15) is 9.59 Å². The van der Waals surface area contributed by atoms with Gasteiger partial charge in [0.05, 0.1) is 12.0 Å². The van der Waals surface area contributed by atoms with Crippen LogP contribution in [-0.2, 0) is 6.42 Å². The lowest BCUT2D eigenvalue weighted by Gasteiger charge is -2.35. The van der Waals surface area contributed by atoms with Gasteiger partial charge in [0.25, 0.3) is 5.91 Å². The van der Waals surface area contributed by atoms with Crippen molar-refractivity contribution in [3.05, 3.63) is 87.6 Å². The van der Waals surface area contributed by atoms with Crippen LogP contribution in [0, 0.1) is 0 Å². The van der Waals surface area contributed by atoms with E-state index in [1.54, 1.807) is 43.5 Å². The van der Waals surface area contributed by atoms with Gasteiger partial charge in [0, 0.05) is 34.1 Å². The third kappa shape index (κ3) is 4.70. The third-order valence-electron chi connectivity index (χ3n) is 5.16. The average Bonchev–Trinajstić information content (AvgIpc) is 3.28. The molecule has 1 aromatic heterocycles. The highest BCUT2D eigenvalue weighted by Gasteiger charge is 2.28. The predicted molar refractivity (Wildman–Crippen MR) is 125 cm³/mol. The Morgan fingerprint density at radius 2 is 1.90 bits per heavy atom. The van der Waals surface area contributed by atoms with Crippen molar-refractivity contribution in [2.45, 2.75) is 25.8 Å². The molecule has 1 amide bonds. The quantitative estimate of drug-likeness (QED) is 0.432. The molecule has 0 aliphatic carbocycles. The zero-order valence-corrected chi connectivity index (χ0v) is 18.5. The number of thiophene rings is 1. The van der Waals surface area contributed by atoms with E-state index in [2.05, 4.69) is 30.5 Å². The number of amides is 1. The van der Waals surface area contributed by atoms with Gasteiger partial charge in [-0.2, -0.15) is 0 Å². The fraction of sp³-hybridized carbons (Fsp3) is 0.200. The number of hydrogen-bond donors (Lipinski definition) is 2. The Labute approximate surface area is 185 Å². The topological polar surface area (TPSA) is 67.4 Å². The second-order valence-corrected chi connectivity index (χ2v) is 9.09. The van der Waals surface area contributed by atoms with Gasteiger partial charge in [0.2, 0.25) is 0 Å². The van der Waals surface area contributed by atoms with Gasteiger partial charge in [-0.25, -0.2) is 0 Å². The van der Waals surface area contributed by atoms with Gasteiger partial charge in [0.15, 0.2) is 5.78 Å². The highest BCUT2D eigenvalue weighted by molar-refractivity contribution is 7.12. The molecule has 2 N–H and O–H groups in total. The molecule has 0 saturated heterocycles. The standard InChI is InChI=1S/C25H24N2O3S/c1-25(2)15-17-8-11-19(30-3)13-20(17)21(27-25)14-22(28)16-6-9-18(10-7-16)26-24(29)23-5-4-12-31-23/h4-14,27H,15H2,1-3H3,(H,26,29). The Morgan fingerprint density at radius 1 is 1.13 bits per heavy atom. The van der Waals surface area contributed by atoms with Crippen molar-refractivity contribution < 1.29 is 14.3 Å². The monoisotopic (exact) mass is 432 g/mol. The Bertz CT molecular complexity index is 1150. The fourth-order valence-corrected chi connectivity index (χ4v) is 4.31. The Morgan fingerprint density at radius 3 is 2.58 bits per heavy atom. The minimum Gasteiger partial charge on any atom is -0.497 e. The number of nitrogens with one attached hydrogen (secondary N) is 2. The van der Waals surface area contributed by atoms with Gasteiger partial charge in [-0.1, -0.05) is 12.1 Å². The molecule has 2 aromatic carbocycles. The first-order chi connectivity index (χ1) is 14.8. The molecule has 6 heteroatoms. The summed E-state index contributed by atoms with van der Waals surface area (Å²) in [6.07, 6.45) is 2.49. The van der Waals surface area contributed by atoms with Crippen molar-refractivity contribution in [3.63, 3.8) is 0 Å². The van der Waals surface area contributed by atoms with Crippen LogP contribution < -0.4 is 15.4 Å². The molecular formula is C25H24N2O3S. The number of carbonyl (C=O) groups is 2. The van der Waals surface area contributed by atoms with Crippen LogP contribution in [-0.4, -0.2) is 24.3 Å². The van der Waals surface area contributed by atoms with Crippen LogP contribution in [0.25, 0.3) is 5.70 Å². The summed E-state index contributed by atoms with van der Waals surface area (Å²) < 4.78 is 5.37. The smallest absolute Gasteiger partial charge is 0.265 e. The predicted octanol–water partition coefficient (Wildman–Crippen LogP) is 5.16. The number of ether oxygens (including phenoxy) is 1. The SMILES string of the molecule is COc1ccc2c(c1)C(=CC(=O)c1ccc(NC(=O)c3cccs3)cc1)NC(C)(C)C2. The first-order valence-corrected chi connectivity index (χ1v) is 10.9. The van der Waals surface area contributed by atoms with E-state index in [1.165, 1.54) is 16.9 Å². The first kappa shape index (κ1) is 20.9. The molecule has 0 spiro atoms. The Hall–Kier alpha value is -3.38. The van der Waals surface area contributed by atoms with E-state index in [4.69, 9.17) is 4.74 Å². The van der Waals surface area contributed by atoms with Crippen LogP contribution in [0.4, 0.5) is 5.69 Å². The van der Waals surface area contributed by atoms with Crippen LogP contribution in [0.15, 0.2) is 66.1 Å². The lowest BCUT2D eigenvalue weighted by atomic mass is 9.85. The van der Waals surface area contributed by atoms with Crippen LogP contribution in [0.2, 0.25) is 0 Å². The molecule has 0 bridgehead atoms. The number of anilines is 1. The van der Waals surface area contributed by atoms with E-state index < -0.39 is 0 Å². The number of carbonyl (C=O) groups excluding carboxylic acids is 2. The molecule has 158 valence electrons. The summed E-state index contributed by atoms with van der Waals surface area (Å²) in [6, 6.07) is 16.5. The van der Waals surface area contributed by atoms with Crippen molar-refractivity contribution in [2.75, 3.05) is 12.4 Å². The second kappa shape index (κ2) is 8.40. The van der Waals surface area contributed by atoms with Crippen molar-refractivity contribution in [1.82, 2.24) is 5.32 Å². The molecule has 0 radical (unpaired) electrons. The number of ketones is 1. The lowest BCUT2D eigenvalue weighted by molar-refractivity contribution is 0.102. The van der Waals surface area contributed by atoms with Crippen molar-refractivity contribution in [1.29, 1.82) is 0 Å². The summed E-state index contributed by atoms with van der Waals surface area (Å²) in [4.78, 5) is 25.8. The number of allylic oxidation sites excluding steroid dienone is 1. The maximum Gasteiger partial charge on any atom is 0.265 e. The number of rotatable bonds is 5. The van der Waals surface area contributed by atoms with Gasteiger partial charge in [-0.05, 0) is 73.7 Å². The summed E-state index contributed by atoms with van der Waals surface area (Å²) >= 11 is 1.38. The van der Waals surface area contributed by atoms with Crippen molar-refractivity contribution in [2.24, 2.45) is 0 Å². The normalized spacial score (nSPS) is 15.6. The molecule has 1 aliphatic rings. The summed E-state index contributed by atoms with van der Waals surface area (Å²) in [6.45, 7) is 4.23. The lowest BCUT2D eigenvalue weighted by Crippen LogP contribution is -2.43. The van der Waals surface area contributed by atoms with Crippen molar-refractivity contribution in [3.8, 4) is 5.75 Å². The summed E-state index contributed by atoms with van der Waals surface area (Å²) in [5.41, 5.74) is 3.97. The minimum absolute atomic E-state index is 0.106. The van der Waals surface area contributed by atoms with E-state index in [-0.39, 0.29) is 17.2 Å². The van der Waals surface area contributed by atoms with E-state index >= 15 is 0 Å². The summed E-state index contributed by atoms with van der Waals surface area (Å²) in [7, 11) is 1.63. The molecule has 5 nitrogen and oxygen atoms in total. The van der Waals surface area contributed by atoms with Gasteiger partial charge < -0.3 is 15.4 Å². The molecule has 0 saturated carbocycles. The average molecular weight is 433 g/mol. The molecule has 0 fully saturated rings. The summed E-state index contributed by atoms with van der Waals surface area (Å²) in [5, 5.41) is 8.19. The summed E-state index contributed by atoms with van der Waals surface area (Å²) in [5.74, 6) is 0.491. The molecular weight excluding hydrogens is 408 g/mol. The number of fused-ring (bicyclic) bond motifs is 1. The van der Waals surface area contributed by atoms with Crippen molar-refractivity contribution >= 4 is 34.4 Å². The van der Waals surface area contributed by atoms with Gasteiger partial charge in [0.1, 0.15) is 5.75 Å². The van der Waals surface area contributed by atoms with E-state index in [1.807, 2.05) is 23.6 Å². The van der Waals surface area contributed by atoms with Gasteiger partial charge >= 0.3 is 0 Å². The molecule has 2 heterocycles. The highest BCUT2D eigenvalue weighted by atomic mass is 32.1. The van der Waals surface area contributed by atoms with Crippen LogP contribution >= 0.6 is 11.3 Å². The maximum atomic E-state index is 13.0. The van der Waals surface area contributed by atoms with Crippen LogP contribution in [0.1, 0.15) is 45.0 Å². The molecule has 0 unspecified atom stereocenters. The van der Waals surface area contributed by atoms with Crippen LogP contribution in [0.5, 0.6) is 5.75 Å². The van der Waals surface area contributed by atoms with Crippen LogP contribution in [0.3, 0.4) is 0 Å². The molecule has 3 aromatic rings. The molecule has 0 atom stereocenters. The molecule has 1 aliphatic heterocycles. The maximum absolute atomic E-state index is 13.0. The minimum atomic E-state index is -0.163. The zero-order valence-electron chi connectivity index (χ0n) is 17.7. The zero-order chi connectivity index (χ0) is 22.0. The Balaban J connectivity index is 1.56. The molecule has 4 rings (SSSR count). The fourth-order valence-electron chi connectivity index (χ4n) is 3.69. The first-order valence-electron chi connectivity index (χ1n) is 10.0. The highest BCUT2D eigenvalue weighted by Crippen LogP contribution is 2.32. The van der Waals surface area contributed by atoms with E-state index in [0.717, 1.165) is 23.4 Å². The number of benzene rings is 2. The molecule has 31 heavy (non-hydrogen) atoms. The Kier molecular flexibility index (Phi) is 5.65.